The van der Waals surface area contributed by atoms with E-state index in [-0.39, 0.29) is 0 Å². The van der Waals surface area contributed by atoms with Gasteiger partial charge in [-0.15, -0.1) is 0 Å². The average molecular weight is 429 g/mol. The molecule has 3 rings (SSSR count). The molecule has 2 aromatic rings. The van der Waals surface area contributed by atoms with Crippen LogP contribution < -0.4 is 9.57 Å². The summed E-state index contributed by atoms with van der Waals surface area (Å²) >= 11 is 0. The minimum Gasteiger partial charge on any atom is -0.493 e. The van der Waals surface area contributed by atoms with E-state index in [1.165, 1.54) is 0 Å². The summed E-state index contributed by atoms with van der Waals surface area (Å²) in [6.07, 6.45) is 2.86. The number of nitrogens with zero attached hydrogens (tertiary/aromatic N) is 2. The van der Waals surface area contributed by atoms with Gasteiger partial charge in [0, 0.05) is 19.3 Å². The molecule has 0 unspecified atom stereocenters. The van der Waals surface area contributed by atoms with Crippen molar-refractivity contribution in [2.45, 2.75) is 38.4 Å². The van der Waals surface area contributed by atoms with Crippen LogP contribution in [0.15, 0.2) is 48.5 Å². The van der Waals surface area contributed by atoms with Crippen LogP contribution in [-0.2, 0) is 10.0 Å². The van der Waals surface area contributed by atoms with Gasteiger partial charge in [-0.2, -0.15) is 5.26 Å². The Morgan fingerprint density at radius 2 is 1.60 bits per heavy atom. The van der Waals surface area contributed by atoms with Crippen molar-refractivity contribution in [2.75, 3.05) is 26.2 Å². The highest BCUT2D eigenvalue weighted by Crippen LogP contribution is 2.23. The van der Waals surface area contributed by atoms with Crippen molar-refractivity contribution in [1.29, 1.82) is 5.26 Å². The van der Waals surface area contributed by atoms with Crippen molar-refractivity contribution in [3.05, 3.63) is 54.1 Å². The first-order valence-electron chi connectivity index (χ1n) is 10.5. The summed E-state index contributed by atoms with van der Waals surface area (Å²) in [5.41, 5.74) is 2.77. The van der Waals surface area contributed by atoms with Crippen molar-refractivity contribution in [3.63, 3.8) is 0 Å². The zero-order chi connectivity index (χ0) is 21.6. The first-order valence-corrected chi connectivity index (χ1v) is 12.0. The van der Waals surface area contributed by atoms with Crippen LogP contribution in [0.3, 0.4) is 0 Å². The molecule has 0 aromatic heterocycles. The molecule has 0 atom stereocenters. The van der Waals surface area contributed by atoms with E-state index in [4.69, 9.17) is 10.00 Å². The maximum absolute atomic E-state index is 12.4. The second-order valence-corrected chi connectivity index (χ2v) is 10.3. The highest BCUT2D eigenvalue weighted by molar-refractivity contribution is 7.89. The van der Waals surface area contributed by atoms with Crippen LogP contribution in [0.4, 0.5) is 0 Å². The summed E-state index contributed by atoms with van der Waals surface area (Å²) in [7, 11) is -3.30. The first kappa shape index (κ1) is 22.3. The molecule has 30 heavy (non-hydrogen) atoms. The lowest BCUT2D eigenvalue weighted by molar-refractivity contribution is -0.945. The Hall–Kier alpha value is -2.40. The van der Waals surface area contributed by atoms with Crippen molar-refractivity contribution < 1.29 is 17.7 Å². The van der Waals surface area contributed by atoms with Crippen molar-refractivity contribution in [1.82, 2.24) is 4.83 Å². The maximum Gasteiger partial charge on any atom is 0.255 e. The van der Waals surface area contributed by atoms with Crippen LogP contribution in [0, 0.1) is 11.3 Å². The number of quaternary nitrogens is 1. The van der Waals surface area contributed by atoms with Gasteiger partial charge in [0.05, 0.1) is 36.6 Å². The molecule has 2 aromatic carbocycles. The fraction of sp³-hybridized carbons (Fsp3) is 0.435. The first-order chi connectivity index (χ1) is 14.3. The number of sulfonamides is 1. The fourth-order valence-electron chi connectivity index (χ4n) is 3.71. The third-order valence-electron chi connectivity index (χ3n) is 5.56. The van der Waals surface area contributed by atoms with Crippen LogP contribution in [0.1, 0.15) is 38.7 Å². The predicted octanol–water partition coefficient (Wildman–Crippen LogP) is 3.85. The van der Waals surface area contributed by atoms with Gasteiger partial charge in [0.25, 0.3) is 10.0 Å². The Morgan fingerprint density at radius 3 is 2.13 bits per heavy atom. The standard InChI is InChI=1S/C23H30N3O3S/c1-19(2)30(27,28)25-26(14-3-4-15-26)16-5-17-29-23-12-10-22(11-13-23)21-8-6-20(18-24)7-9-21/h6-13,19,25H,3-5,14-17H2,1-2H3/q+1. The molecule has 1 fully saturated rings. The maximum atomic E-state index is 12.4. The van der Waals surface area contributed by atoms with Gasteiger partial charge in [-0.3, -0.25) is 0 Å². The van der Waals surface area contributed by atoms with E-state index < -0.39 is 15.3 Å². The van der Waals surface area contributed by atoms with Crippen LogP contribution in [0.5, 0.6) is 5.75 Å². The van der Waals surface area contributed by atoms with Gasteiger partial charge >= 0.3 is 0 Å². The van der Waals surface area contributed by atoms with E-state index in [1.54, 1.807) is 13.8 Å². The molecule has 0 bridgehead atoms. The van der Waals surface area contributed by atoms with Gasteiger partial charge in [0.15, 0.2) is 0 Å². The van der Waals surface area contributed by atoms with Gasteiger partial charge in [-0.25, -0.2) is 13.0 Å². The predicted molar refractivity (Wildman–Crippen MR) is 118 cm³/mol. The van der Waals surface area contributed by atoms with Gasteiger partial charge < -0.3 is 4.74 Å². The van der Waals surface area contributed by atoms with Crippen molar-refractivity contribution in [2.24, 2.45) is 0 Å². The third-order valence-corrected chi connectivity index (χ3v) is 7.45. The molecule has 160 valence electrons. The molecule has 0 saturated carbocycles. The number of rotatable bonds is 9. The van der Waals surface area contributed by atoms with Gasteiger partial charge in [-0.1, -0.05) is 29.1 Å². The van der Waals surface area contributed by atoms with Crippen LogP contribution in [-0.4, -0.2) is 44.5 Å². The average Bonchev–Trinajstić information content (AvgIpc) is 3.19. The van der Waals surface area contributed by atoms with E-state index in [2.05, 4.69) is 10.9 Å². The Kier molecular flexibility index (Phi) is 7.14. The minimum absolute atomic E-state index is 0.432. The molecule has 0 amide bonds. The second-order valence-electron chi connectivity index (χ2n) is 8.12. The Morgan fingerprint density at radius 1 is 1.03 bits per heavy atom. The number of likely N-dealkylation sites (tertiary alicyclic amines) is 1. The molecule has 1 heterocycles. The van der Waals surface area contributed by atoms with E-state index in [1.807, 2.05) is 48.5 Å². The molecule has 0 aliphatic carbocycles. The molecular formula is C23H30N3O3S+. The zero-order valence-corrected chi connectivity index (χ0v) is 18.5. The summed E-state index contributed by atoms with van der Waals surface area (Å²) in [5, 5.41) is 8.47. The molecule has 0 spiro atoms. The Labute approximate surface area is 179 Å². The summed E-state index contributed by atoms with van der Waals surface area (Å²) in [5.74, 6) is 0.795. The van der Waals surface area contributed by atoms with Gasteiger partial charge in [-0.05, 0) is 49.2 Å². The third kappa shape index (κ3) is 5.60. The van der Waals surface area contributed by atoms with Crippen LogP contribution in [0.25, 0.3) is 11.1 Å². The van der Waals surface area contributed by atoms with Crippen LogP contribution >= 0.6 is 0 Å². The normalized spacial score (nSPS) is 15.8. The summed E-state index contributed by atoms with van der Waals surface area (Å²) in [6, 6.07) is 17.5. The Bertz CT molecular complexity index is 972. The molecular weight excluding hydrogens is 398 g/mol. The van der Waals surface area contributed by atoms with E-state index in [0.717, 1.165) is 55.8 Å². The largest absolute Gasteiger partial charge is 0.493 e. The smallest absolute Gasteiger partial charge is 0.255 e. The highest BCUT2D eigenvalue weighted by atomic mass is 32.2. The Balaban J connectivity index is 1.52. The SMILES string of the molecule is CC(C)S(=O)(=O)N[N+]1(CCCOc2ccc(-c3ccc(C#N)cc3)cc2)CCCC1. The lowest BCUT2D eigenvalue weighted by Gasteiger charge is -2.33. The molecule has 0 radical (unpaired) electrons. The van der Waals surface area contributed by atoms with Crippen molar-refractivity contribution >= 4 is 10.0 Å². The molecule has 6 nitrogen and oxygen atoms in total. The van der Waals surface area contributed by atoms with Crippen molar-refractivity contribution in [3.8, 4) is 22.9 Å². The highest BCUT2D eigenvalue weighted by Gasteiger charge is 2.37. The summed E-state index contributed by atoms with van der Waals surface area (Å²) < 4.78 is 31.0. The molecule has 1 N–H and O–H groups in total. The second kappa shape index (κ2) is 9.61. The minimum atomic E-state index is -3.30. The lowest BCUT2D eigenvalue weighted by Crippen LogP contribution is -2.60. The number of hydrogen-bond donors (Lipinski definition) is 1. The molecule has 7 heteroatoms. The lowest BCUT2D eigenvalue weighted by atomic mass is 10.0. The number of nitriles is 1. The van der Waals surface area contributed by atoms with Gasteiger partial charge in [0.1, 0.15) is 12.3 Å². The van der Waals surface area contributed by atoms with E-state index in [9.17, 15) is 8.42 Å². The van der Waals surface area contributed by atoms with E-state index >= 15 is 0 Å². The zero-order valence-electron chi connectivity index (χ0n) is 17.7. The monoisotopic (exact) mass is 428 g/mol. The molecule has 1 aliphatic heterocycles. The summed E-state index contributed by atoms with van der Waals surface area (Å²) in [6.45, 7) is 6.37. The van der Waals surface area contributed by atoms with Crippen LogP contribution in [0.2, 0.25) is 0 Å². The number of nitrogens with one attached hydrogen (secondary N) is 1. The fourth-order valence-corrected chi connectivity index (χ4v) is 4.74. The summed E-state index contributed by atoms with van der Waals surface area (Å²) in [4.78, 5) is 2.93. The molecule has 1 saturated heterocycles. The van der Waals surface area contributed by atoms with E-state index in [0.29, 0.717) is 16.8 Å². The molecule has 1 aliphatic rings. The van der Waals surface area contributed by atoms with Gasteiger partial charge in [0.2, 0.25) is 0 Å². The number of ether oxygens (including phenoxy) is 1. The quantitative estimate of drug-likeness (QED) is 0.486. The number of benzene rings is 2. The number of hydrogen-bond acceptors (Lipinski definition) is 4. The topological polar surface area (TPSA) is 79.2 Å².